The van der Waals surface area contributed by atoms with Crippen LogP contribution < -0.4 is 5.73 Å². The zero-order chi connectivity index (χ0) is 18.3. The van der Waals surface area contributed by atoms with Gasteiger partial charge < -0.3 is 15.6 Å². The van der Waals surface area contributed by atoms with Gasteiger partial charge in [0.25, 0.3) is 0 Å². The Morgan fingerprint density at radius 2 is 2.04 bits per heavy atom. The summed E-state index contributed by atoms with van der Waals surface area (Å²) in [6.07, 6.45) is 4.29. The Morgan fingerprint density at radius 3 is 2.81 bits per heavy atom. The van der Waals surface area contributed by atoms with E-state index in [1.54, 1.807) is 6.07 Å². The average Bonchev–Trinajstić information content (AvgIpc) is 2.66. The zero-order valence-electron chi connectivity index (χ0n) is 14.8. The molecule has 0 radical (unpaired) electrons. The summed E-state index contributed by atoms with van der Waals surface area (Å²) in [5, 5.41) is 11.0. The van der Waals surface area contributed by atoms with Gasteiger partial charge in [0, 0.05) is 16.5 Å². The number of ether oxygens (including phenoxy) is 1. The van der Waals surface area contributed by atoms with E-state index in [0.29, 0.717) is 30.2 Å². The molecule has 0 saturated heterocycles. The number of anilines is 1. The molecule has 6 nitrogen and oxygen atoms in total. The normalized spacial score (nSPS) is 14.5. The smallest absolute Gasteiger partial charge is 0.134 e. The summed E-state index contributed by atoms with van der Waals surface area (Å²) in [6.45, 7) is 5.14. The van der Waals surface area contributed by atoms with E-state index in [4.69, 9.17) is 15.5 Å². The predicted molar refractivity (Wildman–Crippen MR) is 102 cm³/mol. The fraction of sp³-hybridized carbons (Fsp3) is 0.250. The summed E-state index contributed by atoms with van der Waals surface area (Å²) in [7, 11) is 0. The first-order valence-corrected chi connectivity index (χ1v) is 8.54. The molecule has 1 aliphatic heterocycles. The first-order chi connectivity index (χ1) is 12.6. The number of nitrogen functional groups attached to an aromatic ring is 1. The highest BCUT2D eigenvalue weighted by Gasteiger charge is 2.19. The number of aromatic nitrogens is 3. The summed E-state index contributed by atoms with van der Waals surface area (Å²) in [5.41, 5.74) is 12.2. The first-order valence-electron chi connectivity index (χ1n) is 8.54. The number of pyridine rings is 1. The fourth-order valence-electron chi connectivity index (χ4n) is 3.38. The molecule has 132 valence electrons. The molecule has 0 spiro atoms. The number of nitrogens with two attached hydrogens (primary N) is 1. The number of aryl methyl sites for hydroxylation is 1. The number of hydrogen-bond donors (Lipinski definition) is 2. The van der Waals surface area contributed by atoms with Gasteiger partial charge in [-0.2, -0.15) is 0 Å². The van der Waals surface area contributed by atoms with Crippen LogP contribution in [0.5, 0.6) is 5.75 Å². The maximum absolute atomic E-state index is 10.2. The molecule has 3 aromatic rings. The lowest BCUT2D eigenvalue weighted by molar-refractivity contribution is 0.161. The van der Waals surface area contributed by atoms with Crippen LogP contribution >= 0.6 is 0 Å². The number of aromatic hydroxyl groups is 1. The Bertz CT molecular complexity index is 1040. The maximum atomic E-state index is 10.2. The highest BCUT2D eigenvalue weighted by molar-refractivity contribution is 5.99. The lowest BCUT2D eigenvalue weighted by atomic mass is 9.96. The Labute approximate surface area is 151 Å². The lowest BCUT2D eigenvalue weighted by Crippen LogP contribution is -2.07. The Hall–Kier alpha value is -2.99. The van der Waals surface area contributed by atoms with E-state index < -0.39 is 0 Å². The number of fused-ring (bicyclic) bond motifs is 1. The van der Waals surface area contributed by atoms with Gasteiger partial charge in [0.05, 0.1) is 24.6 Å². The molecule has 0 atom stereocenters. The molecule has 0 saturated carbocycles. The van der Waals surface area contributed by atoms with Gasteiger partial charge in [0.15, 0.2) is 0 Å². The standard InChI is InChI=1S/C20H20N4O2/c1-11-3-4-16(25)12(2)17(11)19-18-14(20(21)23-10-22-18)9-15(24-19)13-5-7-26-8-6-13/h3-5,9-10,25H,6-8H2,1-2H3,(H2,21,22,23). The molecule has 3 heterocycles. The summed E-state index contributed by atoms with van der Waals surface area (Å²) >= 11 is 0. The van der Waals surface area contributed by atoms with Gasteiger partial charge in [0.1, 0.15) is 23.4 Å². The van der Waals surface area contributed by atoms with Crippen molar-refractivity contribution in [3.63, 3.8) is 0 Å². The molecule has 0 aliphatic carbocycles. The topological polar surface area (TPSA) is 94.2 Å². The molecule has 1 aromatic carbocycles. The van der Waals surface area contributed by atoms with Crippen molar-refractivity contribution in [2.45, 2.75) is 20.3 Å². The second kappa shape index (κ2) is 6.38. The summed E-state index contributed by atoms with van der Waals surface area (Å²) in [4.78, 5) is 13.5. The average molecular weight is 348 g/mol. The molecule has 1 aliphatic rings. The van der Waals surface area contributed by atoms with Crippen LogP contribution in [0.1, 0.15) is 23.2 Å². The molecular formula is C20H20N4O2. The van der Waals surface area contributed by atoms with Gasteiger partial charge in [0.2, 0.25) is 0 Å². The van der Waals surface area contributed by atoms with E-state index >= 15 is 0 Å². The van der Waals surface area contributed by atoms with Crippen molar-refractivity contribution in [2.24, 2.45) is 0 Å². The monoisotopic (exact) mass is 348 g/mol. The third-order valence-corrected chi connectivity index (χ3v) is 4.83. The minimum atomic E-state index is 0.235. The predicted octanol–water partition coefficient (Wildman–Crippen LogP) is 3.40. The molecule has 26 heavy (non-hydrogen) atoms. The van der Waals surface area contributed by atoms with Crippen LogP contribution in [0.4, 0.5) is 5.82 Å². The van der Waals surface area contributed by atoms with Gasteiger partial charge >= 0.3 is 0 Å². The van der Waals surface area contributed by atoms with Crippen LogP contribution in [-0.2, 0) is 4.74 Å². The number of rotatable bonds is 2. The van der Waals surface area contributed by atoms with Crippen LogP contribution in [0.15, 0.2) is 30.6 Å². The Morgan fingerprint density at radius 1 is 1.19 bits per heavy atom. The number of benzene rings is 1. The van der Waals surface area contributed by atoms with Crippen LogP contribution in [0, 0.1) is 13.8 Å². The fourth-order valence-corrected chi connectivity index (χ4v) is 3.38. The van der Waals surface area contributed by atoms with E-state index in [2.05, 4.69) is 9.97 Å². The molecule has 0 fully saturated rings. The minimum absolute atomic E-state index is 0.235. The molecular weight excluding hydrogens is 328 g/mol. The van der Waals surface area contributed by atoms with Gasteiger partial charge in [-0.3, -0.25) is 0 Å². The van der Waals surface area contributed by atoms with Gasteiger partial charge in [-0.1, -0.05) is 12.1 Å². The highest BCUT2D eigenvalue weighted by Crippen LogP contribution is 2.37. The van der Waals surface area contributed by atoms with Crippen LogP contribution in [0.25, 0.3) is 27.7 Å². The first kappa shape index (κ1) is 16.5. The minimum Gasteiger partial charge on any atom is -0.508 e. The van der Waals surface area contributed by atoms with E-state index in [1.165, 1.54) is 6.33 Å². The van der Waals surface area contributed by atoms with E-state index in [1.807, 2.05) is 32.1 Å². The summed E-state index contributed by atoms with van der Waals surface area (Å²) < 4.78 is 5.41. The van der Waals surface area contributed by atoms with Crippen molar-refractivity contribution in [3.05, 3.63) is 47.4 Å². The third kappa shape index (κ3) is 2.68. The third-order valence-electron chi connectivity index (χ3n) is 4.83. The van der Waals surface area contributed by atoms with E-state index in [-0.39, 0.29) is 5.75 Å². The van der Waals surface area contributed by atoms with Crippen molar-refractivity contribution in [1.29, 1.82) is 0 Å². The molecule has 0 amide bonds. The van der Waals surface area contributed by atoms with Crippen LogP contribution in [0.3, 0.4) is 0 Å². The van der Waals surface area contributed by atoms with Crippen molar-refractivity contribution in [3.8, 4) is 17.0 Å². The van der Waals surface area contributed by atoms with Crippen LogP contribution in [0.2, 0.25) is 0 Å². The highest BCUT2D eigenvalue weighted by atomic mass is 16.5. The second-order valence-corrected chi connectivity index (χ2v) is 6.47. The van der Waals surface area contributed by atoms with Crippen LogP contribution in [-0.4, -0.2) is 33.3 Å². The zero-order valence-corrected chi connectivity index (χ0v) is 14.8. The van der Waals surface area contributed by atoms with Crippen molar-refractivity contribution < 1.29 is 9.84 Å². The number of hydrogen-bond acceptors (Lipinski definition) is 6. The van der Waals surface area contributed by atoms with Gasteiger partial charge in [-0.15, -0.1) is 0 Å². The molecule has 4 rings (SSSR count). The number of nitrogens with zero attached hydrogens (tertiary/aromatic N) is 3. The molecule has 3 N–H and O–H groups in total. The molecule has 0 bridgehead atoms. The Balaban J connectivity index is 2.07. The SMILES string of the molecule is Cc1ccc(O)c(C)c1-c1nc(C2=CCOCC2)cc2c(N)ncnc12. The molecule has 2 aromatic heterocycles. The number of phenols is 1. The van der Waals surface area contributed by atoms with Gasteiger partial charge in [-0.25, -0.2) is 15.0 Å². The quantitative estimate of drug-likeness (QED) is 0.737. The molecule has 6 heteroatoms. The maximum Gasteiger partial charge on any atom is 0.134 e. The molecule has 0 unspecified atom stereocenters. The Kier molecular flexibility index (Phi) is 4.05. The lowest BCUT2D eigenvalue weighted by Gasteiger charge is -2.17. The van der Waals surface area contributed by atoms with Crippen molar-refractivity contribution in [1.82, 2.24) is 15.0 Å². The van der Waals surface area contributed by atoms with E-state index in [0.717, 1.165) is 39.8 Å². The van der Waals surface area contributed by atoms with Crippen molar-refractivity contribution >= 4 is 22.3 Å². The summed E-state index contributed by atoms with van der Waals surface area (Å²) in [5.74, 6) is 0.654. The van der Waals surface area contributed by atoms with E-state index in [9.17, 15) is 5.11 Å². The van der Waals surface area contributed by atoms with Gasteiger partial charge in [-0.05, 0) is 43.5 Å². The largest absolute Gasteiger partial charge is 0.508 e. The summed E-state index contributed by atoms with van der Waals surface area (Å²) in [6, 6.07) is 5.53. The number of phenolic OH excluding ortho intramolecular Hbond substituents is 1. The second-order valence-electron chi connectivity index (χ2n) is 6.47. The van der Waals surface area contributed by atoms with Crippen molar-refractivity contribution in [2.75, 3.05) is 18.9 Å².